The van der Waals surface area contributed by atoms with Crippen molar-refractivity contribution in [2.45, 2.75) is 0 Å². The fraction of sp³-hybridized carbons (Fsp3) is 0. The van der Waals surface area contributed by atoms with Gasteiger partial charge in [-0.25, -0.2) is 4.79 Å². The highest BCUT2D eigenvalue weighted by Crippen LogP contribution is 2.16. The molecule has 13 heavy (non-hydrogen) atoms. The number of carboxylic acid groups (broad SMARTS) is 1. The van der Waals surface area contributed by atoms with E-state index in [1.807, 2.05) is 0 Å². The molecule has 5 nitrogen and oxygen atoms in total. The van der Waals surface area contributed by atoms with Crippen molar-refractivity contribution in [1.29, 1.82) is 0 Å². The van der Waals surface area contributed by atoms with Crippen LogP contribution in [0, 0.1) is 10.1 Å². The van der Waals surface area contributed by atoms with Crippen molar-refractivity contribution < 1.29 is 14.8 Å². The Morgan fingerprint density at radius 2 is 1.92 bits per heavy atom. The normalized spacial score (nSPS) is 8.62. The molecule has 0 bridgehead atoms. The Bertz CT molecular complexity index is 306. The van der Waals surface area contributed by atoms with Gasteiger partial charge in [-0.15, -0.1) is 0 Å². The maximum atomic E-state index is 10.4. The highest BCUT2D eigenvalue weighted by molar-refractivity contribution is 7.59. The van der Waals surface area contributed by atoms with Crippen LogP contribution in [0.5, 0.6) is 0 Å². The second-order valence-electron chi connectivity index (χ2n) is 2.08. The number of hydrogen-bond acceptors (Lipinski definition) is 3. The van der Waals surface area contributed by atoms with Crippen molar-refractivity contribution in [3.05, 3.63) is 39.9 Å². The second-order valence-corrected chi connectivity index (χ2v) is 2.08. The van der Waals surface area contributed by atoms with Crippen LogP contribution in [0.4, 0.5) is 5.69 Å². The van der Waals surface area contributed by atoms with E-state index in [4.69, 9.17) is 5.11 Å². The number of hydrogen-bond donors (Lipinski definition) is 1. The molecule has 1 aromatic rings. The standard InChI is InChI=1S/C7H5NO4.H2S/c9-7(10)5-3-1-2-4-6(5)8(11)12;/h1-4H,(H,9,10);1H2. The molecule has 1 rings (SSSR count). The van der Waals surface area contributed by atoms with Crippen LogP contribution in [0.25, 0.3) is 0 Å². The van der Waals surface area contributed by atoms with Crippen molar-refractivity contribution in [1.82, 2.24) is 0 Å². The molecule has 6 heteroatoms. The summed E-state index contributed by atoms with van der Waals surface area (Å²) >= 11 is 0. The van der Waals surface area contributed by atoms with Crippen molar-refractivity contribution >= 4 is 25.2 Å². The fourth-order valence-corrected chi connectivity index (χ4v) is 0.814. The minimum atomic E-state index is -1.29. The molecule has 0 amide bonds. The van der Waals surface area contributed by atoms with E-state index in [0.717, 1.165) is 6.07 Å². The van der Waals surface area contributed by atoms with Gasteiger partial charge in [0.05, 0.1) is 4.92 Å². The predicted molar refractivity (Wildman–Crippen MR) is 50.4 cm³/mol. The first-order chi connectivity index (χ1) is 5.63. The number of carbonyl (C=O) groups is 1. The summed E-state index contributed by atoms with van der Waals surface area (Å²) in [5.74, 6) is -1.29. The molecule has 0 fully saturated rings. The topological polar surface area (TPSA) is 80.4 Å². The van der Waals surface area contributed by atoms with Gasteiger partial charge >= 0.3 is 5.97 Å². The molecule has 0 saturated heterocycles. The fourth-order valence-electron chi connectivity index (χ4n) is 0.814. The first kappa shape index (κ1) is 11.4. The molecule has 0 aliphatic rings. The van der Waals surface area contributed by atoms with Gasteiger partial charge in [0.15, 0.2) is 0 Å². The average molecular weight is 201 g/mol. The Labute approximate surface area is 80.6 Å². The summed E-state index contributed by atoms with van der Waals surface area (Å²) in [6.07, 6.45) is 0. The van der Waals surface area contributed by atoms with E-state index >= 15 is 0 Å². The maximum absolute atomic E-state index is 10.4. The van der Waals surface area contributed by atoms with Gasteiger partial charge in [-0.2, -0.15) is 13.5 Å². The lowest BCUT2D eigenvalue weighted by molar-refractivity contribution is -0.385. The Hall–Kier alpha value is -1.56. The van der Waals surface area contributed by atoms with Gasteiger partial charge in [-0.05, 0) is 6.07 Å². The summed E-state index contributed by atoms with van der Waals surface area (Å²) in [6.45, 7) is 0. The van der Waals surface area contributed by atoms with Gasteiger partial charge in [0.2, 0.25) is 0 Å². The van der Waals surface area contributed by atoms with Crippen LogP contribution in [-0.4, -0.2) is 16.0 Å². The van der Waals surface area contributed by atoms with Gasteiger partial charge < -0.3 is 5.11 Å². The molecule has 70 valence electrons. The molecule has 0 radical (unpaired) electrons. The van der Waals surface area contributed by atoms with Gasteiger partial charge in [0.25, 0.3) is 5.69 Å². The summed E-state index contributed by atoms with van der Waals surface area (Å²) in [5.41, 5.74) is -0.674. The van der Waals surface area contributed by atoms with Crippen LogP contribution in [0.3, 0.4) is 0 Å². The smallest absolute Gasteiger partial charge is 0.342 e. The second kappa shape index (κ2) is 4.46. The Morgan fingerprint density at radius 3 is 2.31 bits per heavy atom. The van der Waals surface area contributed by atoms with Crippen LogP contribution in [0.2, 0.25) is 0 Å². The van der Waals surface area contributed by atoms with Crippen molar-refractivity contribution in [2.75, 3.05) is 0 Å². The first-order valence-corrected chi connectivity index (χ1v) is 3.09. The Balaban J connectivity index is 0.00000144. The van der Waals surface area contributed by atoms with Crippen LogP contribution in [-0.2, 0) is 0 Å². The van der Waals surface area contributed by atoms with Gasteiger partial charge in [0.1, 0.15) is 5.56 Å². The maximum Gasteiger partial charge on any atom is 0.342 e. The number of nitro groups is 1. The molecule has 1 aromatic carbocycles. The van der Waals surface area contributed by atoms with E-state index in [9.17, 15) is 14.9 Å². The van der Waals surface area contributed by atoms with Gasteiger partial charge in [-0.1, -0.05) is 12.1 Å². The third-order valence-electron chi connectivity index (χ3n) is 1.33. The minimum Gasteiger partial charge on any atom is -0.477 e. The van der Waals surface area contributed by atoms with E-state index in [1.165, 1.54) is 18.2 Å². The first-order valence-electron chi connectivity index (χ1n) is 3.09. The molecule has 0 saturated carbocycles. The van der Waals surface area contributed by atoms with E-state index in [0.29, 0.717) is 0 Å². The number of carboxylic acids is 1. The summed E-state index contributed by atoms with van der Waals surface area (Å²) < 4.78 is 0. The van der Waals surface area contributed by atoms with Gasteiger partial charge in [-0.3, -0.25) is 10.1 Å². The number of para-hydroxylation sites is 1. The zero-order valence-corrected chi connectivity index (χ0v) is 7.43. The zero-order valence-electron chi connectivity index (χ0n) is 6.43. The van der Waals surface area contributed by atoms with E-state index in [2.05, 4.69) is 0 Å². The molecular weight excluding hydrogens is 194 g/mol. The van der Waals surface area contributed by atoms with Crippen molar-refractivity contribution in [3.63, 3.8) is 0 Å². The lowest BCUT2D eigenvalue weighted by Crippen LogP contribution is -2.01. The van der Waals surface area contributed by atoms with E-state index in [1.54, 1.807) is 0 Å². The third kappa shape index (κ3) is 2.45. The minimum absolute atomic E-state index is 0. The molecule has 1 N–H and O–H groups in total. The quantitative estimate of drug-likeness (QED) is 0.579. The summed E-state index contributed by atoms with van der Waals surface area (Å²) in [7, 11) is 0. The number of nitro benzene ring substituents is 1. The van der Waals surface area contributed by atoms with Crippen LogP contribution in [0.15, 0.2) is 24.3 Å². The van der Waals surface area contributed by atoms with Gasteiger partial charge in [0, 0.05) is 6.07 Å². The number of benzene rings is 1. The highest BCUT2D eigenvalue weighted by Gasteiger charge is 2.17. The molecular formula is C7H7NO4S. The van der Waals surface area contributed by atoms with Crippen LogP contribution >= 0.6 is 13.5 Å². The van der Waals surface area contributed by atoms with Crippen molar-refractivity contribution in [3.8, 4) is 0 Å². The highest BCUT2D eigenvalue weighted by atomic mass is 32.1. The monoisotopic (exact) mass is 201 g/mol. The van der Waals surface area contributed by atoms with E-state index < -0.39 is 10.9 Å². The summed E-state index contributed by atoms with van der Waals surface area (Å²) in [5, 5.41) is 18.8. The zero-order chi connectivity index (χ0) is 9.14. The third-order valence-corrected chi connectivity index (χ3v) is 1.33. The largest absolute Gasteiger partial charge is 0.477 e. The number of rotatable bonds is 2. The Morgan fingerprint density at radius 1 is 1.38 bits per heavy atom. The molecule has 0 atom stereocenters. The number of aromatic carboxylic acids is 1. The average Bonchev–Trinajstić information content (AvgIpc) is 2.04. The molecule has 0 unspecified atom stereocenters. The lowest BCUT2D eigenvalue weighted by Gasteiger charge is -1.94. The predicted octanol–water partition coefficient (Wildman–Crippen LogP) is 1.41. The van der Waals surface area contributed by atoms with Crippen LogP contribution in [0.1, 0.15) is 10.4 Å². The van der Waals surface area contributed by atoms with E-state index in [-0.39, 0.29) is 24.7 Å². The SMILES string of the molecule is O=C(O)c1ccccc1[N+](=O)[O-].S. The molecule has 0 aromatic heterocycles. The Kier molecular flexibility index (Phi) is 3.93. The number of nitrogens with zero attached hydrogens (tertiary/aromatic N) is 1. The molecule has 0 aliphatic heterocycles. The van der Waals surface area contributed by atoms with Crippen LogP contribution < -0.4 is 0 Å². The van der Waals surface area contributed by atoms with Crippen molar-refractivity contribution in [2.24, 2.45) is 0 Å². The lowest BCUT2D eigenvalue weighted by atomic mass is 10.2. The molecule has 0 spiro atoms. The molecule has 0 aliphatic carbocycles. The molecule has 0 heterocycles. The summed E-state index contributed by atoms with van der Waals surface area (Å²) in [6, 6.07) is 5.21. The summed E-state index contributed by atoms with van der Waals surface area (Å²) in [4.78, 5) is 20.0.